The van der Waals surface area contributed by atoms with Crippen molar-refractivity contribution in [1.82, 2.24) is 15.5 Å². The molecule has 1 fully saturated rings. The van der Waals surface area contributed by atoms with E-state index in [4.69, 9.17) is 9.73 Å². The van der Waals surface area contributed by atoms with Crippen LogP contribution >= 0.6 is 0 Å². The van der Waals surface area contributed by atoms with E-state index in [1.165, 1.54) is 17.8 Å². The van der Waals surface area contributed by atoms with Gasteiger partial charge in [0.2, 0.25) is 0 Å². The Balaban J connectivity index is 1.68. The molecule has 2 N–H and O–H groups in total. The second-order valence-electron chi connectivity index (χ2n) is 7.85. The summed E-state index contributed by atoms with van der Waals surface area (Å²) in [5.74, 6) is 0.562. The molecule has 6 nitrogen and oxygen atoms in total. The van der Waals surface area contributed by atoms with Crippen molar-refractivity contribution in [3.05, 3.63) is 65.5 Å². The number of guanidine groups is 1. The maximum Gasteiger partial charge on any atom is 0.191 e. The fourth-order valence-corrected chi connectivity index (χ4v) is 3.64. The Hall–Kier alpha value is -2.64. The second-order valence-corrected chi connectivity index (χ2v) is 7.85. The van der Waals surface area contributed by atoms with Crippen LogP contribution in [0.3, 0.4) is 0 Å². The summed E-state index contributed by atoms with van der Waals surface area (Å²) in [6.45, 7) is 7.26. The van der Waals surface area contributed by atoms with Crippen LogP contribution in [0, 0.1) is 5.82 Å². The number of benzene rings is 2. The lowest BCUT2D eigenvalue weighted by Crippen LogP contribution is -2.46. The molecule has 31 heavy (non-hydrogen) atoms. The molecule has 3 rings (SSSR count). The first-order valence-electron chi connectivity index (χ1n) is 10.9. The minimum Gasteiger partial charge on any atom is -0.379 e. The number of nitrogens with one attached hydrogen (secondary N) is 2. The molecular weight excluding hydrogens is 393 g/mol. The van der Waals surface area contributed by atoms with E-state index in [0.717, 1.165) is 49.9 Å². The summed E-state index contributed by atoms with van der Waals surface area (Å²) in [6, 6.07) is 15.3. The minimum absolute atomic E-state index is 0.118. The molecule has 1 saturated heterocycles. The fourth-order valence-electron chi connectivity index (χ4n) is 3.64. The van der Waals surface area contributed by atoms with Crippen LogP contribution in [-0.2, 0) is 11.3 Å². The van der Waals surface area contributed by atoms with Crippen molar-refractivity contribution < 1.29 is 9.13 Å². The predicted octanol–water partition coefficient (Wildman–Crippen LogP) is 3.02. The smallest absolute Gasteiger partial charge is 0.191 e. The summed E-state index contributed by atoms with van der Waals surface area (Å²) in [7, 11) is 4.07. The van der Waals surface area contributed by atoms with Gasteiger partial charge in [-0.05, 0) is 42.3 Å². The molecule has 1 heterocycles. The maximum atomic E-state index is 13.5. The van der Waals surface area contributed by atoms with Gasteiger partial charge in [0.25, 0.3) is 0 Å². The SMILES string of the molecule is CCNC(=NCc1ccc(N(C)C)cc1)NCC(c1ccc(F)cc1)N1CCOCC1. The first-order valence-corrected chi connectivity index (χ1v) is 10.9. The molecule has 1 unspecified atom stereocenters. The predicted molar refractivity (Wildman–Crippen MR) is 125 cm³/mol. The molecule has 168 valence electrons. The Labute approximate surface area is 185 Å². The number of nitrogens with zero attached hydrogens (tertiary/aromatic N) is 3. The quantitative estimate of drug-likeness (QED) is 0.501. The van der Waals surface area contributed by atoms with E-state index in [-0.39, 0.29) is 11.9 Å². The van der Waals surface area contributed by atoms with Gasteiger partial charge in [-0.1, -0.05) is 24.3 Å². The maximum absolute atomic E-state index is 13.5. The van der Waals surface area contributed by atoms with Crippen LogP contribution in [0.15, 0.2) is 53.5 Å². The molecule has 1 atom stereocenters. The van der Waals surface area contributed by atoms with Crippen LogP contribution < -0.4 is 15.5 Å². The molecule has 2 aromatic rings. The number of aliphatic imine (C=N–C) groups is 1. The van der Waals surface area contributed by atoms with Gasteiger partial charge >= 0.3 is 0 Å². The molecule has 1 aliphatic heterocycles. The van der Waals surface area contributed by atoms with Crippen molar-refractivity contribution in [2.75, 3.05) is 58.4 Å². The molecule has 2 aromatic carbocycles. The Bertz CT molecular complexity index is 817. The molecule has 7 heteroatoms. The normalized spacial score (nSPS) is 16.1. The van der Waals surface area contributed by atoms with Gasteiger partial charge in [0.15, 0.2) is 5.96 Å². The molecule has 1 aliphatic rings. The first kappa shape index (κ1) is 23.0. The topological polar surface area (TPSA) is 52.1 Å². The van der Waals surface area contributed by atoms with E-state index in [2.05, 4.69) is 51.6 Å². The molecule has 0 amide bonds. The van der Waals surface area contributed by atoms with Crippen molar-refractivity contribution in [3.8, 4) is 0 Å². The van der Waals surface area contributed by atoms with Gasteiger partial charge in [0.05, 0.1) is 25.8 Å². The van der Waals surface area contributed by atoms with E-state index in [9.17, 15) is 4.39 Å². The summed E-state index contributed by atoms with van der Waals surface area (Å²) in [5.41, 5.74) is 3.42. The molecule has 0 radical (unpaired) electrons. The summed E-state index contributed by atoms with van der Waals surface area (Å²) in [4.78, 5) is 9.23. The average molecular weight is 428 g/mol. The second kappa shape index (κ2) is 11.7. The Morgan fingerprint density at radius 1 is 1.06 bits per heavy atom. The van der Waals surface area contributed by atoms with Gasteiger partial charge in [-0.25, -0.2) is 9.38 Å². The van der Waals surface area contributed by atoms with Gasteiger partial charge < -0.3 is 20.3 Å². The van der Waals surface area contributed by atoms with Gasteiger partial charge in [-0.2, -0.15) is 0 Å². The van der Waals surface area contributed by atoms with Crippen molar-refractivity contribution >= 4 is 11.6 Å². The number of ether oxygens (including phenoxy) is 1. The highest BCUT2D eigenvalue weighted by molar-refractivity contribution is 5.79. The molecule has 0 bridgehead atoms. The lowest BCUT2D eigenvalue weighted by molar-refractivity contribution is 0.0170. The highest BCUT2D eigenvalue weighted by Crippen LogP contribution is 2.21. The van der Waals surface area contributed by atoms with Crippen molar-refractivity contribution in [2.24, 2.45) is 4.99 Å². The van der Waals surface area contributed by atoms with E-state index >= 15 is 0 Å². The van der Waals surface area contributed by atoms with Crippen LogP contribution in [0.5, 0.6) is 0 Å². The van der Waals surface area contributed by atoms with E-state index < -0.39 is 0 Å². The van der Waals surface area contributed by atoms with Gasteiger partial charge in [-0.3, -0.25) is 4.90 Å². The molecule has 0 spiro atoms. The Morgan fingerprint density at radius 2 is 1.74 bits per heavy atom. The Kier molecular flexibility index (Phi) is 8.67. The first-order chi connectivity index (χ1) is 15.1. The Morgan fingerprint density at radius 3 is 2.35 bits per heavy atom. The lowest BCUT2D eigenvalue weighted by Gasteiger charge is -2.35. The standard InChI is InChI=1S/C24H34FN5O/c1-4-26-24(27-17-19-5-11-22(12-6-19)29(2)3)28-18-23(30-13-15-31-16-14-30)20-7-9-21(25)10-8-20/h5-12,23H,4,13-18H2,1-3H3,(H2,26,27,28). The number of rotatable bonds is 8. The van der Waals surface area contributed by atoms with Crippen LogP contribution in [-0.4, -0.2) is 64.3 Å². The fraction of sp³-hybridized carbons (Fsp3) is 0.458. The summed E-state index contributed by atoms with van der Waals surface area (Å²) < 4.78 is 19.0. The van der Waals surface area contributed by atoms with Gasteiger partial charge in [0, 0.05) is 46.0 Å². The molecular formula is C24H34FN5O. The third-order valence-corrected chi connectivity index (χ3v) is 5.42. The van der Waals surface area contributed by atoms with Gasteiger partial charge in [-0.15, -0.1) is 0 Å². The zero-order chi connectivity index (χ0) is 22.1. The third-order valence-electron chi connectivity index (χ3n) is 5.42. The minimum atomic E-state index is -0.215. The van der Waals surface area contributed by atoms with Crippen LogP contribution in [0.25, 0.3) is 0 Å². The average Bonchev–Trinajstić information content (AvgIpc) is 2.79. The zero-order valence-corrected chi connectivity index (χ0v) is 18.8. The summed E-state index contributed by atoms with van der Waals surface area (Å²) in [5, 5.41) is 6.81. The highest BCUT2D eigenvalue weighted by Gasteiger charge is 2.23. The van der Waals surface area contributed by atoms with Crippen molar-refractivity contribution in [1.29, 1.82) is 0 Å². The number of morpholine rings is 1. The van der Waals surface area contributed by atoms with Crippen molar-refractivity contribution in [3.63, 3.8) is 0 Å². The highest BCUT2D eigenvalue weighted by atomic mass is 19.1. The summed E-state index contributed by atoms with van der Waals surface area (Å²) >= 11 is 0. The van der Waals surface area contributed by atoms with Crippen LogP contribution in [0.2, 0.25) is 0 Å². The molecule has 0 aliphatic carbocycles. The lowest BCUT2D eigenvalue weighted by atomic mass is 10.0. The summed E-state index contributed by atoms with van der Waals surface area (Å²) in [6.07, 6.45) is 0. The zero-order valence-electron chi connectivity index (χ0n) is 18.8. The third kappa shape index (κ3) is 6.94. The van der Waals surface area contributed by atoms with E-state index in [1.807, 2.05) is 26.2 Å². The number of hydrogen-bond acceptors (Lipinski definition) is 4. The largest absolute Gasteiger partial charge is 0.379 e. The molecule has 0 aromatic heterocycles. The number of hydrogen-bond donors (Lipinski definition) is 2. The van der Waals surface area contributed by atoms with Crippen molar-refractivity contribution in [2.45, 2.75) is 19.5 Å². The number of halogens is 1. The van der Waals surface area contributed by atoms with E-state index in [1.54, 1.807) is 0 Å². The van der Waals surface area contributed by atoms with Crippen LogP contribution in [0.4, 0.5) is 10.1 Å². The number of anilines is 1. The van der Waals surface area contributed by atoms with Crippen LogP contribution in [0.1, 0.15) is 24.1 Å². The monoisotopic (exact) mass is 427 g/mol. The molecule has 0 saturated carbocycles. The van der Waals surface area contributed by atoms with Gasteiger partial charge in [0.1, 0.15) is 5.82 Å². The van der Waals surface area contributed by atoms with E-state index in [0.29, 0.717) is 13.1 Å².